The first-order valence-corrected chi connectivity index (χ1v) is 7.65. The number of carbonyl (C=O) groups is 1. The predicted molar refractivity (Wildman–Crippen MR) is 65.7 cm³/mol. The maximum atomic E-state index is 11.5. The van der Waals surface area contributed by atoms with E-state index in [0.717, 1.165) is 17.6 Å². The Morgan fingerprint density at radius 3 is 2.78 bits per heavy atom. The van der Waals surface area contributed by atoms with Crippen molar-refractivity contribution in [2.24, 2.45) is 5.18 Å². The molecule has 100 valence electrons. The summed E-state index contributed by atoms with van der Waals surface area (Å²) in [4.78, 5) is 25.8. The number of esters is 1. The van der Waals surface area contributed by atoms with Crippen LogP contribution in [0.25, 0.3) is 0 Å². The lowest BCUT2D eigenvalue weighted by molar-refractivity contribution is -0.144. The van der Waals surface area contributed by atoms with E-state index in [9.17, 15) is 18.1 Å². The van der Waals surface area contributed by atoms with Gasteiger partial charge in [-0.2, -0.15) is 0 Å². The van der Waals surface area contributed by atoms with E-state index >= 15 is 0 Å². The predicted octanol–water partition coefficient (Wildman–Crippen LogP) is 0.121. The molecule has 1 rings (SSSR count). The Labute approximate surface area is 107 Å². The van der Waals surface area contributed by atoms with E-state index in [2.05, 4.69) is 14.9 Å². The molecular formula is C8H11N3O5S2. The number of thiazole rings is 1. The van der Waals surface area contributed by atoms with E-state index in [1.54, 1.807) is 0 Å². The zero-order valence-electron chi connectivity index (χ0n) is 9.40. The molecule has 0 spiro atoms. The van der Waals surface area contributed by atoms with E-state index in [4.69, 9.17) is 5.73 Å². The van der Waals surface area contributed by atoms with Crippen LogP contribution in [0, 0.1) is 4.91 Å². The molecule has 0 amide bonds. The lowest BCUT2D eigenvalue weighted by Crippen LogP contribution is -2.19. The first-order valence-electron chi connectivity index (χ1n) is 4.71. The smallest absolute Gasteiger partial charge is 0.340 e. The number of rotatable bonds is 6. The van der Waals surface area contributed by atoms with Crippen molar-refractivity contribution in [1.29, 1.82) is 0 Å². The van der Waals surface area contributed by atoms with Crippen molar-refractivity contribution in [2.45, 2.75) is 6.04 Å². The third kappa shape index (κ3) is 4.37. The molecule has 0 saturated carbocycles. The Hall–Kier alpha value is -1.55. The Bertz CT molecular complexity index is 539. The lowest BCUT2D eigenvalue weighted by Gasteiger charge is -2.06. The van der Waals surface area contributed by atoms with Crippen LogP contribution >= 0.6 is 11.3 Å². The van der Waals surface area contributed by atoms with Gasteiger partial charge in [0, 0.05) is 11.6 Å². The highest BCUT2D eigenvalue weighted by molar-refractivity contribution is 7.90. The minimum Gasteiger partial charge on any atom is -0.463 e. The molecule has 0 aliphatic carbocycles. The zero-order valence-corrected chi connectivity index (χ0v) is 11.0. The van der Waals surface area contributed by atoms with E-state index in [1.165, 1.54) is 5.38 Å². The third-order valence-corrected chi connectivity index (χ3v) is 3.45. The summed E-state index contributed by atoms with van der Waals surface area (Å²) in [6.07, 6.45) is 1.01. The van der Waals surface area contributed by atoms with Gasteiger partial charge in [0.15, 0.2) is 15.0 Å². The first kappa shape index (κ1) is 14.5. The highest BCUT2D eigenvalue weighted by atomic mass is 32.2. The molecule has 0 aliphatic heterocycles. The number of anilines is 1. The van der Waals surface area contributed by atoms with Gasteiger partial charge < -0.3 is 10.5 Å². The van der Waals surface area contributed by atoms with Crippen molar-refractivity contribution in [1.82, 2.24) is 4.98 Å². The average Bonchev–Trinajstić information content (AvgIpc) is 2.64. The quantitative estimate of drug-likeness (QED) is 0.582. The van der Waals surface area contributed by atoms with Crippen molar-refractivity contribution in [3.05, 3.63) is 16.0 Å². The van der Waals surface area contributed by atoms with Crippen molar-refractivity contribution < 1.29 is 17.9 Å². The zero-order chi connectivity index (χ0) is 13.8. The number of nitrogens with two attached hydrogens (primary N) is 1. The minimum atomic E-state index is -3.23. The minimum absolute atomic E-state index is 0.0943. The van der Waals surface area contributed by atoms with Crippen LogP contribution < -0.4 is 5.73 Å². The highest BCUT2D eigenvalue weighted by Crippen LogP contribution is 2.22. The summed E-state index contributed by atoms with van der Waals surface area (Å²) >= 11 is 1.06. The Morgan fingerprint density at radius 2 is 2.33 bits per heavy atom. The van der Waals surface area contributed by atoms with Crippen LogP contribution in [-0.4, -0.2) is 38.0 Å². The average molecular weight is 293 g/mol. The van der Waals surface area contributed by atoms with Gasteiger partial charge in [-0.1, -0.05) is 0 Å². The van der Waals surface area contributed by atoms with Crippen molar-refractivity contribution in [3.63, 3.8) is 0 Å². The molecule has 8 nitrogen and oxygen atoms in total. The standard InChI is InChI=1S/C8H11N3O5S2/c1-18(14,15)3-2-16-7(12)6(11-13)5-4-17-8(9)10-5/h4,6H,2-3H2,1H3,(H2,9,10). The summed E-state index contributed by atoms with van der Waals surface area (Å²) in [7, 11) is -3.23. The van der Waals surface area contributed by atoms with E-state index in [1.807, 2.05) is 0 Å². The highest BCUT2D eigenvalue weighted by Gasteiger charge is 2.26. The molecule has 1 aromatic rings. The number of nitrogens with zero attached hydrogens (tertiary/aromatic N) is 2. The molecule has 0 aromatic carbocycles. The molecule has 0 radical (unpaired) electrons. The second-order valence-corrected chi connectivity index (χ2v) is 6.57. The summed E-state index contributed by atoms with van der Waals surface area (Å²) in [6.45, 7) is -0.330. The number of nitroso groups, excluding NO2 is 1. The number of nitrogen functional groups attached to an aromatic ring is 1. The molecule has 0 bridgehead atoms. The summed E-state index contributed by atoms with van der Waals surface area (Å²) < 4.78 is 26.3. The molecule has 1 unspecified atom stereocenters. The van der Waals surface area contributed by atoms with Crippen LogP contribution in [0.4, 0.5) is 5.13 Å². The fourth-order valence-corrected chi connectivity index (χ4v) is 1.98. The van der Waals surface area contributed by atoms with E-state index < -0.39 is 21.8 Å². The molecule has 1 heterocycles. The molecular weight excluding hydrogens is 282 g/mol. The number of hydrogen-bond acceptors (Lipinski definition) is 9. The van der Waals surface area contributed by atoms with Gasteiger partial charge in [0.25, 0.3) is 0 Å². The summed E-state index contributed by atoms with van der Waals surface area (Å²) in [6, 6.07) is -1.42. The Balaban J connectivity index is 2.61. The topological polar surface area (TPSA) is 129 Å². The van der Waals surface area contributed by atoms with Crippen LogP contribution in [0.2, 0.25) is 0 Å². The van der Waals surface area contributed by atoms with Gasteiger partial charge in [-0.3, -0.25) is 0 Å². The van der Waals surface area contributed by atoms with Gasteiger partial charge in [0.2, 0.25) is 6.04 Å². The van der Waals surface area contributed by atoms with Crippen LogP contribution in [0.5, 0.6) is 0 Å². The SMILES string of the molecule is CS(=O)(=O)CCOC(=O)C(N=O)c1csc(N)n1. The Morgan fingerprint density at radius 1 is 1.67 bits per heavy atom. The first-order chi connectivity index (χ1) is 8.33. The largest absolute Gasteiger partial charge is 0.463 e. The Kier molecular flexibility index (Phi) is 4.73. The molecule has 0 aliphatic rings. The van der Waals surface area contributed by atoms with Crippen molar-refractivity contribution in [2.75, 3.05) is 24.3 Å². The van der Waals surface area contributed by atoms with Crippen LogP contribution in [-0.2, 0) is 19.4 Å². The number of ether oxygens (including phenoxy) is 1. The normalized spacial score (nSPS) is 12.9. The third-order valence-electron chi connectivity index (χ3n) is 1.85. The van der Waals surface area contributed by atoms with Crippen LogP contribution in [0.3, 0.4) is 0 Å². The van der Waals surface area contributed by atoms with Gasteiger partial charge >= 0.3 is 5.97 Å². The summed E-state index contributed by atoms with van der Waals surface area (Å²) in [5.41, 5.74) is 5.46. The number of carbonyl (C=O) groups excluding carboxylic acids is 1. The van der Waals surface area contributed by atoms with E-state index in [0.29, 0.717) is 0 Å². The molecule has 1 atom stereocenters. The molecule has 2 N–H and O–H groups in total. The summed E-state index contributed by atoms with van der Waals surface area (Å²) in [5.74, 6) is -1.26. The molecule has 1 aromatic heterocycles. The second kappa shape index (κ2) is 5.87. The van der Waals surface area contributed by atoms with Gasteiger partial charge in [-0.25, -0.2) is 18.2 Å². The lowest BCUT2D eigenvalue weighted by atomic mass is 10.2. The summed E-state index contributed by atoms with van der Waals surface area (Å²) in [5, 5.41) is 4.21. The fraction of sp³-hybridized carbons (Fsp3) is 0.500. The molecule has 10 heteroatoms. The van der Waals surface area contributed by atoms with Crippen LogP contribution in [0.1, 0.15) is 11.7 Å². The molecule has 18 heavy (non-hydrogen) atoms. The number of hydrogen-bond donors (Lipinski definition) is 1. The van der Waals surface area contributed by atoms with Crippen molar-refractivity contribution in [3.8, 4) is 0 Å². The number of sulfone groups is 1. The fourth-order valence-electron chi connectivity index (χ4n) is 1.02. The van der Waals surface area contributed by atoms with Gasteiger partial charge in [0.1, 0.15) is 6.61 Å². The van der Waals surface area contributed by atoms with Crippen molar-refractivity contribution >= 4 is 32.3 Å². The monoisotopic (exact) mass is 293 g/mol. The van der Waals surface area contributed by atoms with Gasteiger partial charge in [0.05, 0.1) is 11.4 Å². The van der Waals surface area contributed by atoms with Crippen LogP contribution in [0.15, 0.2) is 10.6 Å². The molecule has 0 fully saturated rings. The molecule has 0 saturated heterocycles. The van der Waals surface area contributed by atoms with Gasteiger partial charge in [-0.15, -0.1) is 16.2 Å². The second-order valence-electron chi connectivity index (χ2n) is 3.42. The van der Waals surface area contributed by atoms with E-state index in [-0.39, 0.29) is 23.2 Å². The van der Waals surface area contributed by atoms with Gasteiger partial charge in [-0.05, 0) is 5.18 Å². The number of aromatic nitrogens is 1. The maximum Gasteiger partial charge on any atom is 0.340 e. The maximum absolute atomic E-state index is 11.5.